The summed E-state index contributed by atoms with van der Waals surface area (Å²) in [6.07, 6.45) is 1.66. The second-order valence-corrected chi connectivity index (χ2v) is 4.63. The van der Waals surface area contributed by atoms with Crippen LogP contribution in [0, 0.1) is 6.92 Å². The van der Waals surface area contributed by atoms with Gasteiger partial charge >= 0.3 is 0 Å². The number of nitrogens with two attached hydrogens (primary N) is 1. The fraction of sp³-hybridized carbons (Fsp3) is 0.333. The SMILES string of the molecule is CCOc1ccccc1C(N)Cn1ncc(C)cc1=O. The normalized spacial score (nSPS) is 12.2. The van der Waals surface area contributed by atoms with Gasteiger partial charge in [-0.1, -0.05) is 18.2 Å². The van der Waals surface area contributed by atoms with Crippen molar-refractivity contribution in [2.45, 2.75) is 26.4 Å². The minimum atomic E-state index is -0.342. The molecular weight excluding hydrogens is 254 g/mol. The lowest BCUT2D eigenvalue weighted by atomic mass is 10.1. The molecule has 0 aliphatic carbocycles. The molecule has 0 spiro atoms. The summed E-state index contributed by atoms with van der Waals surface area (Å²) >= 11 is 0. The predicted octanol–water partition coefficient (Wildman–Crippen LogP) is 1.65. The molecule has 1 heterocycles. The van der Waals surface area contributed by atoms with E-state index in [1.54, 1.807) is 12.3 Å². The van der Waals surface area contributed by atoms with Crippen molar-refractivity contribution in [1.29, 1.82) is 0 Å². The average Bonchev–Trinajstić information content (AvgIpc) is 2.43. The van der Waals surface area contributed by atoms with Gasteiger partial charge in [0.2, 0.25) is 0 Å². The Hall–Kier alpha value is -2.14. The van der Waals surface area contributed by atoms with Crippen molar-refractivity contribution in [1.82, 2.24) is 9.78 Å². The van der Waals surface area contributed by atoms with E-state index in [9.17, 15) is 4.79 Å². The Labute approximate surface area is 118 Å². The summed E-state index contributed by atoms with van der Waals surface area (Å²) < 4.78 is 6.93. The van der Waals surface area contributed by atoms with Crippen molar-refractivity contribution in [3.63, 3.8) is 0 Å². The van der Waals surface area contributed by atoms with Crippen LogP contribution in [0.25, 0.3) is 0 Å². The van der Waals surface area contributed by atoms with Gasteiger partial charge in [-0.3, -0.25) is 4.79 Å². The molecule has 2 aromatic rings. The van der Waals surface area contributed by atoms with E-state index < -0.39 is 0 Å². The minimum absolute atomic E-state index is 0.144. The Bertz CT molecular complexity index is 637. The lowest BCUT2D eigenvalue weighted by molar-refractivity contribution is 0.331. The molecule has 0 amide bonds. The summed E-state index contributed by atoms with van der Waals surface area (Å²) in [5, 5.41) is 4.10. The van der Waals surface area contributed by atoms with E-state index in [4.69, 9.17) is 10.5 Å². The molecule has 0 fully saturated rings. The number of rotatable bonds is 5. The summed E-state index contributed by atoms with van der Waals surface area (Å²) in [7, 11) is 0. The molecule has 2 rings (SSSR count). The number of aryl methyl sites for hydroxylation is 1. The second-order valence-electron chi connectivity index (χ2n) is 4.63. The summed E-state index contributed by atoms with van der Waals surface area (Å²) in [5.74, 6) is 0.752. The highest BCUT2D eigenvalue weighted by Crippen LogP contribution is 2.24. The summed E-state index contributed by atoms with van der Waals surface area (Å²) in [6, 6.07) is 8.80. The highest BCUT2D eigenvalue weighted by atomic mass is 16.5. The van der Waals surface area contributed by atoms with Gasteiger partial charge in [-0.25, -0.2) is 4.68 Å². The molecule has 0 aliphatic heterocycles. The largest absolute Gasteiger partial charge is 0.494 e. The molecule has 1 aromatic carbocycles. The van der Waals surface area contributed by atoms with Crippen LogP contribution in [0.5, 0.6) is 5.75 Å². The Morgan fingerprint density at radius 2 is 2.15 bits per heavy atom. The maximum absolute atomic E-state index is 11.8. The van der Waals surface area contributed by atoms with Crippen molar-refractivity contribution in [3.8, 4) is 5.75 Å². The number of hydrogen-bond acceptors (Lipinski definition) is 4. The van der Waals surface area contributed by atoms with Crippen molar-refractivity contribution in [2.24, 2.45) is 5.73 Å². The molecule has 1 atom stereocenters. The van der Waals surface area contributed by atoms with E-state index in [1.807, 2.05) is 38.1 Å². The van der Waals surface area contributed by atoms with Crippen LogP contribution in [0.15, 0.2) is 41.3 Å². The van der Waals surface area contributed by atoms with Crippen LogP contribution in [-0.4, -0.2) is 16.4 Å². The Morgan fingerprint density at radius 1 is 1.40 bits per heavy atom. The first-order chi connectivity index (χ1) is 9.61. The van der Waals surface area contributed by atoms with Crippen LogP contribution < -0.4 is 16.0 Å². The third-order valence-corrected chi connectivity index (χ3v) is 2.99. The molecule has 0 bridgehead atoms. The standard InChI is InChI=1S/C15H19N3O2/c1-3-20-14-7-5-4-6-12(14)13(16)10-18-15(19)8-11(2)9-17-18/h4-9,13H,3,10,16H2,1-2H3. The molecule has 1 unspecified atom stereocenters. The molecule has 0 saturated carbocycles. The highest BCUT2D eigenvalue weighted by Gasteiger charge is 2.13. The molecule has 0 saturated heterocycles. The third kappa shape index (κ3) is 3.24. The van der Waals surface area contributed by atoms with Gasteiger partial charge in [-0.2, -0.15) is 5.10 Å². The maximum Gasteiger partial charge on any atom is 0.267 e. The zero-order chi connectivity index (χ0) is 14.5. The molecule has 5 heteroatoms. The highest BCUT2D eigenvalue weighted by molar-refractivity contribution is 5.35. The molecule has 0 radical (unpaired) electrons. The van der Waals surface area contributed by atoms with E-state index in [1.165, 1.54) is 4.68 Å². The monoisotopic (exact) mass is 273 g/mol. The number of para-hydroxylation sites is 1. The van der Waals surface area contributed by atoms with E-state index in [2.05, 4.69) is 5.10 Å². The molecule has 0 aliphatic rings. The number of ether oxygens (including phenoxy) is 1. The first-order valence-electron chi connectivity index (χ1n) is 6.63. The van der Waals surface area contributed by atoms with E-state index >= 15 is 0 Å². The molecule has 20 heavy (non-hydrogen) atoms. The first-order valence-corrected chi connectivity index (χ1v) is 6.63. The van der Waals surface area contributed by atoms with Gasteiger partial charge in [0, 0.05) is 11.6 Å². The van der Waals surface area contributed by atoms with Crippen LogP contribution in [-0.2, 0) is 6.54 Å². The Kier molecular flexibility index (Phi) is 4.53. The third-order valence-electron chi connectivity index (χ3n) is 2.99. The van der Waals surface area contributed by atoms with Crippen LogP contribution in [0.4, 0.5) is 0 Å². The van der Waals surface area contributed by atoms with E-state index in [0.29, 0.717) is 13.2 Å². The zero-order valence-electron chi connectivity index (χ0n) is 11.7. The van der Waals surface area contributed by atoms with Crippen molar-refractivity contribution < 1.29 is 4.74 Å². The average molecular weight is 273 g/mol. The van der Waals surface area contributed by atoms with Gasteiger partial charge in [0.1, 0.15) is 5.75 Å². The first kappa shape index (κ1) is 14.3. The van der Waals surface area contributed by atoms with Gasteiger partial charge in [0.15, 0.2) is 0 Å². The number of nitrogens with zero attached hydrogens (tertiary/aromatic N) is 2. The number of aromatic nitrogens is 2. The molecule has 2 N–H and O–H groups in total. The van der Waals surface area contributed by atoms with E-state index in [0.717, 1.165) is 16.9 Å². The lowest BCUT2D eigenvalue weighted by Crippen LogP contribution is -2.28. The summed E-state index contributed by atoms with van der Waals surface area (Å²) in [4.78, 5) is 11.8. The molecule has 106 valence electrons. The predicted molar refractivity (Wildman–Crippen MR) is 77.8 cm³/mol. The quantitative estimate of drug-likeness (QED) is 0.899. The Balaban J connectivity index is 2.23. The van der Waals surface area contributed by atoms with Crippen LogP contribution in [0.3, 0.4) is 0 Å². The lowest BCUT2D eigenvalue weighted by Gasteiger charge is -2.17. The van der Waals surface area contributed by atoms with Crippen LogP contribution >= 0.6 is 0 Å². The topological polar surface area (TPSA) is 70.1 Å². The number of hydrogen-bond donors (Lipinski definition) is 1. The minimum Gasteiger partial charge on any atom is -0.494 e. The fourth-order valence-corrected chi connectivity index (χ4v) is 2.02. The van der Waals surface area contributed by atoms with Crippen molar-refractivity contribution in [3.05, 3.63) is 58.0 Å². The smallest absolute Gasteiger partial charge is 0.267 e. The van der Waals surface area contributed by atoms with Crippen LogP contribution in [0.2, 0.25) is 0 Å². The van der Waals surface area contributed by atoms with Crippen molar-refractivity contribution in [2.75, 3.05) is 6.61 Å². The van der Waals surface area contributed by atoms with Gasteiger partial charge in [0.25, 0.3) is 5.56 Å². The molecular formula is C15H19N3O2. The summed E-state index contributed by atoms with van der Waals surface area (Å²) in [5.41, 5.74) is 7.76. The van der Waals surface area contributed by atoms with Gasteiger partial charge < -0.3 is 10.5 Å². The van der Waals surface area contributed by atoms with Gasteiger partial charge in [0.05, 0.1) is 25.4 Å². The molecule has 5 nitrogen and oxygen atoms in total. The van der Waals surface area contributed by atoms with Crippen LogP contribution in [0.1, 0.15) is 24.1 Å². The van der Waals surface area contributed by atoms with Gasteiger partial charge in [-0.15, -0.1) is 0 Å². The number of benzene rings is 1. The Morgan fingerprint density at radius 3 is 2.85 bits per heavy atom. The van der Waals surface area contributed by atoms with Gasteiger partial charge in [-0.05, 0) is 25.5 Å². The maximum atomic E-state index is 11.8. The second kappa shape index (κ2) is 6.34. The zero-order valence-corrected chi connectivity index (χ0v) is 11.7. The molecule has 1 aromatic heterocycles. The fourth-order valence-electron chi connectivity index (χ4n) is 2.02. The van der Waals surface area contributed by atoms with Crippen molar-refractivity contribution >= 4 is 0 Å². The van der Waals surface area contributed by atoms with E-state index in [-0.39, 0.29) is 11.6 Å². The summed E-state index contributed by atoms with van der Waals surface area (Å²) in [6.45, 7) is 4.66.